The quantitative estimate of drug-likeness (QED) is 0.783. The van der Waals surface area contributed by atoms with Crippen molar-refractivity contribution >= 4 is 23.5 Å². The molecule has 1 unspecified atom stereocenters. The van der Waals surface area contributed by atoms with E-state index in [0.29, 0.717) is 5.15 Å². The molecule has 16 heavy (non-hydrogen) atoms. The van der Waals surface area contributed by atoms with Gasteiger partial charge in [0.1, 0.15) is 5.15 Å². The summed E-state index contributed by atoms with van der Waals surface area (Å²) in [6.07, 6.45) is 1.72. The highest BCUT2D eigenvalue weighted by Gasteiger charge is 2.13. The van der Waals surface area contributed by atoms with Crippen LogP contribution in [0.1, 0.15) is 20.3 Å². The van der Waals surface area contributed by atoms with Crippen LogP contribution in [0.25, 0.3) is 0 Å². The van der Waals surface area contributed by atoms with Gasteiger partial charge in [0.2, 0.25) is 11.9 Å². The van der Waals surface area contributed by atoms with Crippen molar-refractivity contribution in [3.8, 4) is 0 Å². The van der Waals surface area contributed by atoms with Gasteiger partial charge in [0.15, 0.2) is 0 Å². The van der Waals surface area contributed by atoms with E-state index in [-0.39, 0.29) is 30.2 Å². The maximum atomic E-state index is 11.5. The Morgan fingerprint density at radius 1 is 1.62 bits per heavy atom. The van der Waals surface area contributed by atoms with Gasteiger partial charge in [-0.15, -0.1) is 0 Å². The molecule has 0 aromatic carbocycles. The second-order valence-electron chi connectivity index (χ2n) is 3.86. The highest BCUT2D eigenvalue weighted by Crippen LogP contribution is 2.07. The number of anilines is 1. The van der Waals surface area contributed by atoms with Crippen molar-refractivity contribution in [1.29, 1.82) is 0 Å². The maximum Gasteiger partial charge on any atom is 0.230 e. The monoisotopic (exact) mass is 242 g/mol. The Hall–Kier alpha value is -1.20. The molecular formula is C10H15ClN4O. The lowest BCUT2D eigenvalue weighted by molar-refractivity contribution is -0.116. The number of carbonyl (C=O) groups excluding carboxylic acids is 1. The van der Waals surface area contributed by atoms with Crippen LogP contribution in [-0.4, -0.2) is 21.9 Å². The molecule has 0 fully saturated rings. The summed E-state index contributed by atoms with van der Waals surface area (Å²) >= 11 is 5.66. The van der Waals surface area contributed by atoms with E-state index in [1.165, 1.54) is 12.3 Å². The van der Waals surface area contributed by atoms with E-state index < -0.39 is 0 Å². The molecule has 3 N–H and O–H groups in total. The van der Waals surface area contributed by atoms with E-state index in [9.17, 15) is 4.79 Å². The molecule has 6 heteroatoms. The Morgan fingerprint density at radius 2 is 2.31 bits per heavy atom. The van der Waals surface area contributed by atoms with E-state index in [0.717, 1.165) is 0 Å². The van der Waals surface area contributed by atoms with Gasteiger partial charge in [0, 0.05) is 18.7 Å². The maximum absolute atomic E-state index is 11.5. The minimum absolute atomic E-state index is 0.167. The summed E-state index contributed by atoms with van der Waals surface area (Å²) in [5.74, 6) is 0.253. The number of amides is 1. The Morgan fingerprint density at radius 3 is 2.88 bits per heavy atom. The van der Waals surface area contributed by atoms with Crippen LogP contribution in [0.5, 0.6) is 0 Å². The zero-order valence-corrected chi connectivity index (χ0v) is 10.0. The largest absolute Gasteiger partial charge is 0.327 e. The highest BCUT2D eigenvalue weighted by molar-refractivity contribution is 6.29. The Labute approximate surface area is 99.4 Å². The summed E-state index contributed by atoms with van der Waals surface area (Å²) in [7, 11) is 0. The van der Waals surface area contributed by atoms with Gasteiger partial charge < -0.3 is 5.73 Å². The molecule has 0 saturated heterocycles. The third kappa shape index (κ3) is 4.12. The number of carbonyl (C=O) groups is 1. The number of rotatable bonds is 4. The van der Waals surface area contributed by atoms with E-state index in [1.54, 1.807) is 0 Å². The molecule has 1 amide bonds. The molecule has 88 valence electrons. The third-order valence-corrected chi connectivity index (χ3v) is 2.36. The Bertz CT molecular complexity index is 370. The molecule has 5 nitrogen and oxygen atoms in total. The van der Waals surface area contributed by atoms with Crippen molar-refractivity contribution < 1.29 is 4.79 Å². The summed E-state index contributed by atoms with van der Waals surface area (Å²) in [6, 6.07) is 1.37. The summed E-state index contributed by atoms with van der Waals surface area (Å²) in [6.45, 7) is 3.93. The van der Waals surface area contributed by atoms with Crippen LogP contribution >= 0.6 is 11.6 Å². The second-order valence-corrected chi connectivity index (χ2v) is 4.25. The van der Waals surface area contributed by atoms with Crippen LogP contribution in [0.4, 0.5) is 5.95 Å². The number of halogens is 1. The first-order valence-electron chi connectivity index (χ1n) is 5.03. The fraction of sp³-hybridized carbons (Fsp3) is 0.500. The predicted octanol–water partition coefficient (Wildman–Crippen LogP) is 1.44. The van der Waals surface area contributed by atoms with Crippen molar-refractivity contribution in [3.05, 3.63) is 17.4 Å². The summed E-state index contributed by atoms with van der Waals surface area (Å²) in [5, 5.41) is 2.83. The molecule has 1 aromatic heterocycles. The van der Waals surface area contributed by atoms with Gasteiger partial charge in [-0.1, -0.05) is 25.4 Å². The lowest BCUT2D eigenvalue weighted by Gasteiger charge is -2.14. The summed E-state index contributed by atoms with van der Waals surface area (Å²) < 4.78 is 0. The normalized spacial score (nSPS) is 12.6. The van der Waals surface area contributed by atoms with Crippen molar-refractivity contribution in [2.45, 2.75) is 26.3 Å². The average Bonchev–Trinajstić information content (AvgIpc) is 2.16. The standard InChI is InChI=1S/C10H15ClN4O/c1-6(2)7(12)5-9(16)15-10-13-4-3-8(11)14-10/h3-4,6-7H,5,12H2,1-2H3,(H,13,14,15,16). The molecule has 0 aliphatic heterocycles. The van der Waals surface area contributed by atoms with Gasteiger partial charge >= 0.3 is 0 Å². The van der Waals surface area contributed by atoms with Gasteiger partial charge in [-0.2, -0.15) is 0 Å². The molecule has 1 atom stereocenters. The summed E-state index contributed by atoms with van der Waals surface area (Å²) in [4.78, 5) is 19.2. The zero-order valence-electron chi connectivity index (χ0n) is 9.27. The SMILES string of the molecule is CC(C)C(N)CC(=O)Nc1nccc(Cl)n1. The van der Waals surface area contributed by atoms with Crippen molar-refractivity contribution in [3.63, 3.8) is 0 Å². The predicted molar refractivity (Wildman–Crippen MR) is 63.1 cm³/mol. The fourth-order valence-corrected chi connectivity index (χ4v) is 1.16. The molecule has 0 spiro atoms. The molecule has 1 heterocycles. The number of nitrogens with two attached hydrogens (primary N) is 1. The molecule has 0 saturated carbocycles. The fourth-order valence-electron chi connectivity index (χ4n) is 1.02. The van der Waals surface area contributed by atoms with E-state index in [2.05, 4.69) is 15.3 Å². The van der Waals surface area contributed by atoms with Gasteiger partial charge in [-0.3, -0.25) is 10.1 Å². The van der Waals surface area contributed by atoms with Crippen LogP contribution < -0.4 is 11.1 Å². The molecule has 0 aliphatic rings. The minimum atomic E-state index is -0.205. The minimum Gasteiger partial charge on any atom is -0.327 e. The zero-order chi connectivity index (χ0) is 12.1. The second kappa shape index (κ2) is 5.77. The molecular weight excluding hydrogens is 228 g/mol. The average molecular weight is 243 g/mol. The first kappa shape index (κ1) is 12.9. The number of hydrogen-bond acceptors (Lipinski definition) is 4. The van der Waals surface area contributed by atoms with Crippen LogP contribution in [0.15, 0.2) is 12.3 Å². The molecule has 0 bridgehead atoms. The van der Waals surface area contributed by atoms with Crippen LogP contribution in [-0.2, 0) is 4.79 Å². The number of aromatic nitrogens is 2. The van der Waals surface area contributed by atoms with Crippen molar-refractivity contribution in [2.24, 2.45) is 11.7 Å². The Kier molecular flexibility index (Phi) is 4.64. The number of nitrogens with one attached hydrogen (secondary N) is 1. The van der Waals surface area contributed by atoms with Gasteiger partial charge in [-0.25, -0.2) is 9.97 Å². The lowest BCUT2D eigenvalue weighted by atomic mass is 10.0. The first-order valence-corrected chi connectivity index (χ1v) is 5.41. The van der Waals surface area contributed by atoms with Gasteiger partial charge in [-0.05, 0) is 12.0 Å². The van der Waals surface area contributed by atoms with Crippen molar-refractivity contribution in [2.75, 3.05) is 5.32 Å². The van der Waals surface area contributed by atoms with Crippen LogP contribution in [0, 0.1) is 5.92 Å². The van der Waals surface area contributed by atoms with E-state index >= 15 is 0 Å². The van der Waals surface area contributed by atoms with Gasteiger partial charge in [0.05, 0.1) is 0 Å². The first-order chi connectivity index (χ1) is 7.49. The smallest absolute Gasteiger partial charge is 0.230 e. The molecule has 0 radical (unpaired) electrons. The molecule has 1 aromatic rings. The highest BCUT2D eigenvalue weighted by atomic mass is 35.5. The molecule has 1 rings (SSSR count). The van der Waals surface area contributed by atoms with Gasteiger partial charge in [0.25, 0.3) is 0 Å². The van der Waals surface area contributed by atoms with E-state index in [4.69, 9.17) is 17.3 Å². The van der Waals surface area contributed by atoms with Crippen molar-refractivity contribution in [1.82, 2.24) is 9.97 Å². The van der Waals surface area contributed by atoms with E-state index in [1.807, 2.05) is 13.8 Å². The van der Waals surface area contributed by atoms with Crippen LogP contribution in [0.3, 0.4) is 0 Å². The number of hydrogen-bond donors (Lipinski definition) is 2. The topological polar surface area (TPSA) is 80.9 Å². The lowest BCUT2D eigenvalue weighted by Crippen LogP contribution is -2.31. The Balaban J connectivity index is 2.52. The van der Waals surface area contributed by atoms with Crippen LogP contribution in [0.2, 0.25) is 5.15 Å². The third-order valence-electron chi connectivity index (χ3n) is 2.15. The number of nitrogens with zero attached hydrogens (tertiary/aromatic N) is 2. The summed E-state index contributed by atoms with van der Waals surface area (Å²) in [5.41, 5.74) is 5.77. The molecule has 0 aliphatic carbocycles.